The van der Waals surface area contributed by atoms with Gasteiger partial charge in [-0.15, -0.1) is 0 Å². The van der Waals surface area contributed by atoms with Crippen LogP contribution in [-0.4, -0.2) is 16.1 Å². The van der Waals surface area contributed by atoms with Crippen LogP contribution >= 0.6 is 0 Å². The molecule has 0 aliphatic heterocycles. The van der Waals surface area contributed by atoms with E-state index in [1.165, 1.54) is 32.7 Å². The quantitative estimate of drug-likeness (QED) is 0.323. The Hall–Kier alpha value is -1.91. The maximum atomic E-state index is 2.46. The number of rotatable bonds is 4. The first-order chi connectivity index (χ1) is 12.2. The zero-order valence-corrected chi connectivity index (χ0v) is 18.9. The summed E-state index contributed by atoms with van der Waals surface area (Å²) >= 11 is 0. The molecule has 0 fully saturated rings. The van der Waals surface area contributed by atoms with Crippen LogP contribution < -0.4 is 0 Å². The first-order valence-electron chi connectivity index (χ1n) is 9.48. The van der Waals surface area contributed by atoms with Crippen molar-refractivity contribution in [3.8, 4) is 0 Å². The van der Waals surface area contributed by atoms with Gasteiger partial charge in [0.25, 0.3) is 0 Å². The molecule has 0 saturated carbocycles. The Morgan fingerprint density at radius 1 is 0.500 bits per heavy atom. The van der Waals surface area contributed by atoms with Crippen LogP contribution in [-0.2, 0) is 0 Å². The first kappa shape index (κ1) is 18.9. The van der Waals surface area contributed by atoms with Crippen molar-refractivity contribution in [3.05, 3.63) is 71.1 Å². The van der Waals surface area contributed by atoms with E-state index in [1.54, 1.807) is 0 Å². The second kappa shape index (κ2) is 7.01. The fourth-order valence-electron chi connectivity index (χ4n) is 3.22. The van der Waals surface area contributed by atoms with Gasteiger partial charge in [-0.2, -0.15) is 0 Å². The standard InChI is InChI=1S/C24H30Si2/c1-25(2,3)17-15-23-19-11-7-9-13-21(19)24(16-18-26(4,5)6)22-14-10-8-12-20(22)23/h7-18H,1-6H3. The van der Waals surface area contributed by atoms with Gasteiger partial charge in [-0.1, -0.05) is 111 Å². The van der Waals surface area contributed by atoms with Gasteiger partial charge in [-0.3, -0.25) is 0 Å². The molecule has 3 rings (SSSR count). The highest BCUT2D eigenvalue weighted by Crippen LogP contribution is 2.35. The molecule has 0 aliphatic rings. The van der Waals surface area contributed by atoms with Crippen molar-refractivity contribution in [2.45, 2.75) is 39.3 Å². The molecule has 0 amide bonds. The van der Waals surface area contributed by atoms with Crippen LogP contribution in [0.3, 0.4) is 0 Å². The molecule has 0 atom stereocenters. The monoisotopic (exact) mass is 374 g/mol. The smallest absolute Gasteiger partial charge is 0.0687 e. The summed E-state index contributed by atoms with van der Waals surface area (Å²) in [6, 6.07) is 17.7. The largest absolute Gasteiger partial charge is 0.0944 e. The summed E-state index contributed by atoms with van der Waals surface area (Å²) in [5.74, 6) is 0. The van der Waals surface area contributed by atoms with Gasteiger partial charge >= 0.3 is 0 Å². The first-order valence-corrected chi connectivity index (χ1v) is 16.6. The molecule has 134 valence electrons. The van der Waals surface area contributed by atoms with Crippen LogP contribution in [0.15, 0.2) is 59.9 Å². The summed E-state index contributed by atoms with van der Waals surface area (Å²) in [5, 5.41) is 5.43. The van der Waals surface area contributed by atoms with Gasteiger partial charge in [0.1, 0.15) is 0 Å². The minimum atomic E-state index is -1.26. The van der Waals surface area contributed by atoms with Crippen LogP contribution in [0.4, 0.5) is 0 Å². The Kier molecular flexibility index (Phi) is 5.09. The van der Waals surface area contributed by atoms with Gasteiger partial charge in [-0.25, -0.2) is 0 Å². The highest BCUT2D eigenvalue weighted by Gasteiger charge is 2.14. The summed E-state index contributed by atoms with van der Waals surface area (Å²) in [5.41, 5.74) is 7.64. The Morgan fingerprint density at radius 3 is 1.00 bits per heavy atom. The highest BCUT2D eigenvalue weighted by atomic mass is 28.3. The van der Waals surface area contributed by atoms with E-state index in [4.69, 9.17) is 0 Å². The second-order valence-corrected chi connectivity index (χ2v) is 19.4. The van der Waals surface area contributed by atoms with Gasteiger partial charge in [0.05, 0.1) is 16.1 Å². The van der Waals surface area contributed by atoms with Crippen molar-refractivity contribution in [2.24, 2.45) is 0 Å². The summed E-state index contributed by atoms with van der Waals surface area (Å²) < 4.78 is 0. The molecule has 2 heteroatoms. The molecule has 0 unspecified atom stereocenters. The normalized spacial score (nSPS) is 13.5. The van der Waals surface area contributed by atoms with Crippen LogP contribution in [0.1, 0.15) is 11.1 Å². The van der Waals surface area contributed by atoms with E-state index in [0.717, 1.165) is 0 Å². The molecule has 0 aromatic heterocycles. The molecule has 0 saturated heterocycles. The summed E-state index contributed by atoms with van der Waals surface area (Å²) in [6.45, 7) is 14.3. The van der Waals surface area contributed by atoms with Crippen molar-refractivity contribution < 1.29 is 0 Å². The van der Waals surface area contributed by atoms with Crippen molar-refractivity contribution in [2.75, 3.05) is 0 Å². The molecule has 0 heterocycles. The van der Waals surface area contributed by atoms with E-state index in [-0.39, 0.29) is 0 Å². The van der Waals surface area contributed by atoms with Crippen LogP contribution in [0.5, 0.6) is 0 Å². The van der Waals surface area contributed by atoms with Crippen molar-refractivity contribution >= 4 is 49.8 Å². The predicted molar refractivity (Wildman–Crippen MR) is 126 cm³/mol. The van der Waals surface area contributed by atoms with E-state index in [1.807, 2.05) is 0 Å². The lowest BCUT2D eigenvalue weighted by Crippen LogP contribution is -2.15. The van der Waals surface area contributed by atoms with Crippen molar-refractivity contribution in [1.29, 1.82) is 0 Å². The van der Waals surface area contributed by atoms with E-state index in [2.05, 4.69) is 111 Å². The van der Waals surface area contributed by atoms with Crippen LogP contribution in [0, 0.1) is 0 Å². The lowest BCUT2D eigenvalue weighted by Gasteiger charge is -2.16. The molecule has 0 radical (unpaired) electrons. The van der Waals surface area contributed by atoms with Gasteiger partial charge in [0, 0.05) is 0 Å². The van der Waals surface area contributed by atoms with E-state index in [0.29, 0.717) is 0 Å². The Bertz CT molecular complexity index is 857. The molecule has 3 aromatic rings. The Morgan fingerprint density at radius 2 is 0.769 bits per heavy atom. The summed E-state index contributed by atoms with van der Waals surface area (Å²) in [4.78, 5) is 0. The maximum Gasteiger partial charge on any atom is 0.0687 e. The average molecular weight is 375 g/mol. The Labute approximate surface area is 160 Å². The second-order valence-electron chi connectivity index (χ2n) is 9.32. The molecule has 0 N–H and O–H groups in total. The highest BCUT2D eigenvalue weighted by molar-refractivity contribution is 6.82. The minimum absolute atomic E-state index is 1.26. The fraction of sp³-hybridized carbons (Fsp3) is 0.250. The van der Waals surface area contributed by atoms with Gasteiger partial charge in [0.2, 0.25) is 0 Å². The number of hydrogen-bond donors (Lipinski definition) is 0. The Balaban J connectivity index is 2.39. The van der Waals surface area contributed by atoms with E-state index in [9.17, 15) is 0 Å². The van der Waals surface area contributed by atoms with Crippen LogP contribution in [0.25, 0.3) is 33.7 Å². The fourth-order valence-corrected chi connectivity index (χ4v) is 4.55. The molecule has 0 nitrogen and oxygen atoms in total. The molecule has 0 bridgehead atoms. The van der Waals surface area contributed by atoms with E-state index < -0.39 is 16.1 Å². The van der Waals surface area contributed by atoms with E-state index >= 15 is 0 Å². The zero-order chi connectivity index (χ0) is 18.9. The molecular formula is C24H30Si2. The lowest BCUT2D eigenvalue weighted by molar-refractivity contribution is 1.71. The van der Waals surface area contributed by atoms with Gasteiger partial charge in [-0.05, 0) is 32.7 Å². The zero-order valence-electron chi connectivity index (χ0n) is 16.9. The third kappa shape index (κ3) is 4.25. The molecule has 0 aliphatic carbocycles. The van der Waals surface area contributed by atoms with Crippen molar-refractivity contribution in [1.82, 2.24) is 0 Å². The molecule has 0 spiro atoms. The maximum absolute atomic E-state index is 2.46. The minimum Gasteiger partial charge on any atom is -0.0944 e. The van der Waals surface area contributed by atoms with Crippen molar-refractivity contribution in [3.63, 3.8) is 0 Å². The molecule has 26 heavy (non-hydrogen) atoms. The molecule has 3 aromatic carbocycles. The average Bonchev–Trinajstić information content (AvgIpc) is 2.56. The van der Waals surface area contributed by atoms with Gasteiger partial charge < -0.3 is 0 Å². The number of benzene rings is 3. The van der Waals surface area contributed by atoms with Gasteiger partial charge in [0.15, 0.2) is 0 Å². The summed E-state index contributed by atoms with van der Waals surface area (Å²) in [6.07, 6.45) is 4.76. The van der Waals surface area contributed by atoms with Crippen LogP contribution in [0.2, 0.25) is 39.3 Å². The lowest BCUT2D eigenvalue weighted by atomic mass is 9.92. The third-order valence-electron chi connectivity index (χ3n) is 4.51. The number of fused-ring (bicyclic) bond motifs is 2. The summed E-state index contributed by atoms with van der Waals surface area (Å²) in [7, 11) is -2.51. The third-order valence-corrected chi connectivity index (χ3v) is 6.85. The number of hydrogen-bond acceptors (Lipinski definition) is 0. The molecular weight excluding hydrogens is 344 g/mol. The predicted octanol–water partition coefficient (Wildman–Crippen LogP) is 7.77. The topological polar surface area (TPSA) is 0 Å². The SMILES string of the molecule is C[Si](C)(C)C=Cc1c2ccccc2c(C=C[Si](C)(C)C)c2ccccc12.